The third-order valence-electron chi connectivity index (χ3n) is 7.56. The molecule has 6 heteroatoms. The standard InChI is InChI=1S/C24H33N3O3/c1-14(17-2-6-21(7-3-17)30-13-22(28)26-20-4-5-20)25-24(29)27-23-18-9-15-8-16(11-18)12-19(23)10-15/h2-3,6-7,14-16,18-20,23H,4-5,8-13H2,1H3,(H,26,28)(H2,25,27,29). The zero-order chi connectivity index (χ0) is 20.7. The molecule has 0 saturated heterocycles. The minimum atomic E-state index is -0.0888. The van der Waals surface area contributed by atoms with Crippen molar-refractivity contribution in [1.82, 2.24) is 16.0 Å². The molecule has 3 amide bonds. The second-order valence-electron chi connectivity index (χ2n) is 10.00. The van der Waals surface area contributed by atoms with Crippen molar-refractivity contribution in [2.24, 2.45) is 23.7 Å². The minimum Gasteiger partial charge on any atom is -0.484 e. The maximum absolute atomic E-state index is 12.7. The Morgan fingerprint density at radius 2 is 1.60 bits per heavy atom. The molecule has 5 aliphatic rings. The number of benzene rings is 1. The fraction of sp³-hybridized carbons (Fsp3) is 0.667. The van der Waals surface area contributed by atoms with Gasteiger partial charge >= 0.3 is 6.03 Å². The zero-order valence-electron chi connectivity index (χ0n) is 17.7. The highest BCUT2D eigenvalue weighted by Crippen LogP contribution is 2.53. The van der Waals surface area contributed by atoms with Gasteiger partial charge in [0.2, 0.25) is 0 Å². The second kappa shape index (κ2) is 8.12. The summed E-state index contributed by atoms with van der Waals surface area (Å²) in [5.41, 5.74) is 1.02. The molecule has 1 unspecified atom stereocenters. The lowest BCUT2D eigenvalue weighted by Crippen LogP contribution is -2.57. The first kappa shape index (κ1) is 19.7. The molecule has 1 aromatic carbocycles. The van der Waals surface area contributed by atoms with E-state index < -0.39 is 0 Å². The molecule has 30 heavy (non-hydrogen) atoms. The molecule has 0 aliphatic heterocycles. The Bertz CT molecular complexity index is 761. The number of hydrogen-bond acceptors (Lipinski definition) is 3. The van der Waals surface area contributed by atoms with Crippen molar-refractivity contribution >= 4 is 11.9 Å². The average Bonchev–Trinajstić information content (AvgIpc) is 3.53. The van der Waals surface area contributed by atoms with Gasteiger partial charge in [0.15, 0.2) is 6.61 Å². The average molecular weight is 412 g/mol. The highest BCUT2D eigenvalue weighted by atomic mass is 16.5. The number of hydrogen-bond donors (Lipinski definition) is 3. The Hall–Kier alpha value is -2.24. The van der Waals surface area contributed by atoms with Gasteiger partial charge in [-0.3, -0.25) is 4.79 Å². The SMILES string of the molecule is CC(NC(=O)NC1C2CC3CC(C2)CC1C3)c1ccc(OCC(=O)NC2CC2)cc1. The Kier molecular flexibility index (Phi) is 5.34. The number of carbonyl (C=O) groups is 2. The number of nitrogens with one attached hydrogen (secondary N) is 3. The van der Waals surface area contributed by atoms with Crippen LogP contribution in [-0.2, 0) is 4.79 Å². The highest BCUT2D eigenvalue weighted by molar-refractivity contribution is 5.78. The Labute approximate surface area is 178 Å². The smallest absolute Gasteiger partial charge is 0.315 e. The minimum absolute atomic E-state index is 0.0392. The Morgan fingerprint density at radius 3 is 2.20 bits per heavy atom. The van der Waals surface area contributed by atoms with Gasteiger partial charge in [-0.1, -0.05) is 12.1 Å². The van der Waals surface area contributed by atoms with E-state index in [0.29, 0.717) is 29.7 Å². The van der Waals surface area contributed by atoms with E-state index in [1.807, 2.05) is 31.2 Å². The Morgan fingerprint density at radius 1 is 0.967 bits per heavy atom. The molecule has 4 bridgehead atoms. The van der Waals surface area contributed by atoms with Crippen LogP contribution < -0.4 is 20.7 Å². The molecule has 6 rings (SSSR count). The van der Waals surface area contributed by atoms with Crippen LogP contribution in [0.4, 0.5) is 4.79 Å². The van der Waals surface area contributed by atoms with E-state index >= 15 is 0 Å². The van der Waals surface area contributed by atoms with Crippen LogP contribution in [0.3, 0.4) is 0 Å². The van der Waals surface area contributed by atoms with Crippen LogP contribution in [0.15, 0.2) is 24.3 Å². The molecular formula is C24H33N3O3. The van der Waals surface area contributed by atoms with Gasteiger partial charge in [0, 0.05) is 12.1 Å². The maximum Gasteiger partial charge on any atom is 0.315 e. The molecule has 0 aromatic heterocycles. The molecular weight excluding hydrogens is 378 g/mol. The summed E-state index contributed by atoms with van der Waals surface area (Å²) in [6, 6.07) is 8.15. The largest absolute Gasteiger partial charge is 0.484 e. The predicted molar refractivity (Wildman–Crippen MR) is 114 cm³/mol. The third-order valence-corrected chi connectivity index (χ3v) is 7.56. The molecule has 0 radical (unpaired) electrons. The van der Waals surface area contributed by atoms with E-state index in [0.717, 1.165) is 30.2 Å². The van der Waals surface area contributed by atoms with Gasteiger partial charge in [-0.2, -0.15) is 0 Å². The van der Waals surface area contributed by atoms with Crippen LogP contribution in [0, 0.1) is 23.7 Å². The summed E-state index contributed by atoms with van der Waals surface area (Å²) in [6.45, 7) is 2.03. The quantitative estimate of drug-likeness (QED) is 0.642. The first-order valence-electron chi connectivity index (χ1n) is 11.6. The number of amides is 3. The van der Waals surface area contributed by atoms with E-state index in [1.165, 1.54) is 32.1 Å². The van der Waals surface area contributed by atoms with Gasteiger partial charge in [0.05, 0.1) is 6.04 Å². The summed E-state index contributed by atoms with van der Waals surface area (Å²) in [4.78, 5) is 24.4. The lowest BCUT2D eigenvalue weighted by molar-refractivity contribution is -0.123. The lowest BCUT2D eigenvalue weighted by Gasteiger charge is -2.54. The number of rotatable bonds is 7. The van der Waals surface area contributed by atoms with Gasteiger partial charge < -0.3 is 20.7 Å². The van der Waals surface area contributed by atoms with Gasteiger partial charge in [0.25, 0.3) is 5.91 Å². The summed E-state index contributed by atoms with van der Waals surface area (Å²) in [5, 5.41) is 9.32. The van der Waals surface area contributed by atoms with Crippen LogP contribution in [0.1, 0.15) is 63.5 Å². The topological polar surface area (TPSA) is 79.5 Å². The molecule has 1 aromatic rings. The van der Waals surface area contributed by atoms with E-state index in [1.54, 1.807) is 0 Å². The molecule has 5 saturated carbocycles. The molecule has 162 valence electrons. The highest BCUT2D eigenvalue weighted by Gasteiger charge is 2.48. The number of carbonyl (C=O) groups excluding carboxylic acids is 2. The van der Waals surface area contributed by atoms with E-state index in [9.17, 15) is 9.59 Å². The van der Waals surface area contributed by atoms with Crippen LogP contribution >= 0.6 is 0 Å². The molecule has 5 aliphatic carbocycles. The summed E-state index contributed by atoms with van der Waals surface area (Å²) < 4.78 is 5.56. The molecule has 6 nitrogen and oxygen atoms in total. The molecule has 0 heterocycles. The van der Waals surface area contributed by atoms with Crippen molar-refractivity contribution in [3.63, 3.8) is 0 Å². The molecule has 5 fully saturated rings. The lowest BCUT2D eigenvalue weighted by atomic mass is 9.54. The Balaban J connectivity index is 1.09. The molecule has 0 spiro atoms. The normalized spacial score (nSPS) is 32.4. The van der Waals surface area contributed by atoms with Gasteiger partial charge in [-0.25, -0.2) is 4.79 Å². The first-order valence-corrected chi connectivity index (χ1v) is 11.6. The molecule has 1 atom stereocenters. The van der Waals surface area contributed by atoms with E-state index in [4.69, 9.17) is 4.74 Å². The van der Waals surface area contributed by atoms with E-state index in [-0.39, 0.29) is 24.6 Å². The van der Waals surface area contributed by atoms with Gasteiger partial charge in [-0.15, -0.1) is 0 Å². The van der Waals surface area contributed by atoms with Crippen molar-refractivity contribution in [3.05, 3.63) is 29.8 Å². The van der Waals surface area contributed by atoms with Crippen LogP contribution in [0.5, 0.6) is 5.75 Å². The van der Waals surface area contributed by atoms with Gasteiger partial charge in [-0.05, 0) is 93.2 Å². The number of urea groups is 1. The van der Waals surface area contributed by atoms with Crippen molar-refractivity contribution in [3.8, 4) is 5.75 Å². The number of ether oxygens (including phenoxy) is 1. The fourth-order valence-electron chi connectivity index (χ4n) is 6.13. The second-order valence-corrected chi connectivity index (χ2v) is 10.00. The van der Waals surface area contributed by atoms with Crippen molar-refractivity contribution in [2.75, 3.05) is 6.61 Å². The van der Waals surface area contributed by atoms with Crippen LogP contribution in [0.25, 0.3) is 0 Å². The van der Waals surface area contributed by atoms with Crippen molar-refractivity contribution < 1.29 is 14.3 Å². The predicted octanol–water partition coefficient (Wildman–Crippen LogP) is 3.53. The van der Waals surface area contributed by atoms with Crippen LogP contribution in [0.2, 0.25) is 0 Å². The fourth-order valence-corrected chi connectivity index (χ4v) is 6.13. The monoisotopic (exact) mass is 411 g/mol. The van der Waals surface area contributed by atoms with Crippen molar-refractivity contribution in [1.29, 1.82) is 0 Å². The zero-order valence-corrected chi connectivity index (χ0v) is 17.7. The molecule has 3 N–H and O–H groups in total. The van der Waals surface area contributed by atoms with Crippen molar-refractivity contribution in [2.45, 2.75) is 70.0 Å². The summed E-state index contributed by atoms with van der Waals surface area (Å²) >= 11 is 0. The first-order chi connectivity index (χ1) is 14.5. The third kappa shape index (κ3) is 4.42. The summed E-state index contributed by atoms with van der Waals surface area (Å²) in [7, 11) is 0. The van der Waals surface area contributed by atoms with Gasteiger partial charge in [0.1, 0.15) is 5.75 Å². The maximum atomic E-state index is 12.7. The van der Waals surface area contributed by atoms with E-state index in [2.05, 4.69) is 16.0 Å². The summed E-state index contributed by atoms with van der Waals surface area (Å²) in [5.74, 6) is 3.76. The summed E-state index contributed by atoms with van der Waals surface area (Å²) in [6.07, 6.45) is 8.76. The van der Waals surface area contributed by atoms with Crippen LogP contribution in [-0.4, -0.2) is 30.6 Å².